The van der Waals surface area contributed by atoms with E-state index < -0.39 is 0 Å². The summed E-state index contributed by atoms with van der Waals surface area (Å²) in [5, 5.41) is 12.7. The minimum absolute atomic E-state index is 0.240. The first-order chi connectivity index (χ1) is 13.7. The normalized spacial score (nSPS) is 16.0. The van der Waals surface area contributed by atoms with Crippen LogP contribution >= 0.6 is 11.3 Å². The average Bonchev–Trinajstić information content (AvgIpc) is 3.38. The van der Waals surface area contributed by atoms with Gasteiger partial charge >= 0.3 is 0 Å². The molecule has 1 aliphatic rings. The first-order valence-corrected chi connectivity index (χ1v) is 9.86. The Balaban J connectivity index is 1.58. The summed E-state index contributed by atoms with van der Waals surface area (Å²) >= 11 is 1.29. The molecular weight excluding hydrogens is 372 g/mol. The molecule has 28 heavy (non-hydrogen) atoms. The number of nitrogens with one attached hydrogen (secondary N) is 1. The molecule has 4 rings (SSSR count). The van der Waals surface area contributed by atoms with Gasteiger partial charge in [0.2, 0.25) is 0 Å². The number of anilines is 3. The number of hydrogen-bond donors (Lipinski definition) is 1. The highest BCUT2D eigenvalue weighted by molar-refractivity contribution is 7.16. The Labute approximate surface area is 167 Å². The maximum absolute atomic E-state index is 8.95. The molecule has 2 aromatic heterocycles. The van der Waals surface area contributed by atoms with Crippen molar-refractivity contribution in [1.29, 1.82) is 5.26 Å². The molecule has 1 aromatic carbocycles. The van der Waals surface area contributed by atoms with E-state index in [1.165, 1.54) is 16.9 Å². The van der Waals surface area contributed by atoms with Crippen molar-refractivity contribution in [3.05, 3.63) is 52.8 Å². The van der Waals surface area contributed by atoms with Crippen LogP contribution < -0.4 is 15.0 Å². The summed E-state index contributed by atoms with van der Waals surface area (Å²) in [6, 6.07) is 8.71. The largest absolute Gasteiger partial charge is 0.496 e. The van der Waals surface area contributed by atoms with E-state index in [1.807, 2.05) is 6.92 Å². The summed E-state index contributed by atoms with van der Waals surface area (Å²) in [6.07, 6.45) is 7.15. The van der Waals surface area contributed by atoms with Crippen molar-refractivity contribution >= 4 is 28.1 Å². The summed E-state index contributed by atoms with van der Waals surface area (Å²) in [5.74, 6) is 2.34. The molecule has 1 N–H and O–H groups in total. The van der Waals surface area contributed by atoms with Gasteiger partial charge in [-0.25, -0.2) is 9.97 Å². The van der Waals surface area contributed by atoms with Crippen LogP contribution in [0, 0.1) is 18.3 Å². The molecule has 3 heterocycles. The van der Waals surface area contributed by atoms with Crippen LogP contribution in [-0.4, -0.2) is 28.6 Å². The fourth-order valence-electron chi connectivity index (χ4n) is 3.48. The van der Waals surface area contributed by atoms with Crippen LogP contribution in [0.2, 0.25) is 0 Å². The zero-order valence-corrected chi connectivity index (χ0v) is 16.5. The zero-order valence-electron chi connectivity index (χ0n) is 15.7. The van der Waals surface area contributed by atoms with Crippen LogP contribution in [0.15, 0.2) is 36.8 Å². The molecule has 0 amide bonds. The Kier molecular flexibility index (Phi) is 5.08. The third kappa shape index (κ3) is 3.62. The Bertz CT molecular complexity index is 1030. The highest BCUT2D eigenvalue weighted by Gasteiger charge is 2.28. The van der Waals surface area contributed by atoms with Crippen molar-refractivity contribution in [2.75, 3.05) is 23.9 Å². The Morgan fingerprint density at radius 3 is 3.00 bits per heavy atom. The molecule has 0 spiro atoms. The lowest BCUT2D eigenvalue weighted by Gasteiger charge is -2.26. The predicted octanol–water partition coefficient (Wildman–Crippen LogP) is 4.21. The van der Waals surface area contributed by atoms with Gasteiger partial charge < -0.3 is 15.0 Å². The number of ether oxygens (including phenoxy) is 1. The SMILES string of the molecule is COc1cc(C2CCCN2c2cncc(Nc3ncc(C#N)s3)n2)ccc1C. The number of methoxy groups -OCH3 is 1. The predicted molar refractivity (Wildman–Crippen MR) is 109 cm³/mol. The van der Waals surface area contributed by atoms with Crippen molar-refractivity contribution in [1.82, 2.24) is 15.0 Å². The Morgan fingerprint density at radius 2 is 2.21 bits per heavy atom. The van der Waals surface area contributed by atoms with E-state index in [-0.39, 0.29) is 6.04 Å². The second-order valence-corrected chi connectivity index (χ2v) is 7.64. The maximum Gasteiger partial charge on any atom is 0.189 e. The van der Waals surface area contributed by atoms with E-state index in [4.69, 9.17) is 15.0 Å². The average molecular weight is 392 g/mol. The van der Waals surface area contributed by atoms with Crippen molar-refractivity contribution in [3.8, 4) is 11.8 Å². The number of nitrogens with zero attached hydrogens (tertiary/aromatic N) is 5. The number of nitriles is 1. The first-order valence-electron chi connectivity index (χ1n) is 9.04. The molecule has 0 bridgehead atoms. The van der Waals surface area contributed by atoms with Crippen molar-refractivity contribution in [3.63, 3.8) is 0 Å². The molecular formula is C20H20N6OS. The number of hydrogen-bond acceptors (Lipinski definition) is 8. The molecule has 8 heteroatoms. The van der Waals surface area contributed by atoms with Crippen molar-refractivity contribution in [2.45, 2.75) is 25.8 Å². The van der Waals surface area contributed by atoms with Gasteiger partial charge in [-0.05, 0) is 37.0 Å². The first kappa shape index (κ1) is 18.2. The second kappa shape index (κ2) is 7.82. The molecule has 0 radical (unpaired) electrons. The molecule has 0 saturated carbocycles. The fraction of sp³-hybridized carbons (Fsp3) is 0.300. The molecule has 1 saturated heterocycles. The van der Waals surface area contributed by atoms with Gasteiger partial charge in [0.05, 0.1) is 31.7 Å². The number of aryl methyl sites for hydroxylation is 1. The smallest absolute Gasteiger partial charge is 0.189 e. The third-order valence-corrected chi connectivity index (χ3v) is 5.65. The van der Waals surface area contributed by atoms with E-state index in [0.29, 0.717) is 15.8 Å². The van der Waals surface area contributed by atoms with Crippen molar-refractivity contribution < 1.29 is 4.74 Å². The summed E-state index contributed by atoms with van der Waals surface area (Å²) in [4.78, 5) is 16.1. The van der Waals surface area contributed by atoms with Crippen LogP contribution in [0.1, 0.15) is 34.9 Å². The summed E-state index contributed by atoms with van der Waals surface area (Å²) < 4.78 is 5.50. The molecule has 1 fully saturated rings. The molecule has 142 valence electrons. The number of thiazole rings is 1. The maximum atomic E-state index is 8.95. The van der Waals surface area contributed by atoms with E-state index in [1.54, 1.807) is 25.7 Å². The number of rotatable bonds is 5. The van der Waals surface area contributed by atoms with Gasteiger partial charge in [-0.15, -0.1) is 0 Å². The van der Waals surface area contributed by atoms with Gasteiger partial charge in [0.25, 0.3) is 0 Å². The van der Waals surface area contributed by atoms with Crippen LogP contribution in [0.3, 0.4) is 0 Å². The van der Waals surface area contributed by atoms with Crippen LogP contribution in [0.4, 0.5) is 16.8 Å². The van der Waals surface area contributed by atoms with Crippen LogP contribution in [0.25, 0.3) is 0 Å². The molecule has 3 aromatic rings. The van der Waals surface area contributed by atoms with E-state index in [9.17, 15) is 0 Å². The van der Waals surface area contributed by atoms with Gasteiger partial charge in [0.1, 0.15) is 22.5 Å². The van der Waals surface area contributed by atoms with Gasteiger partial charge in [-0.1, -0.05) is 23.5 Å². The topological polar surface area (TPSA) is 87.0 Å². The quantitative estimate of drug-likeness (QED) is 0.696. The lowest BCUT2D eigenvalue weighted by molar-refractivity contribution is 0.410. The minimum atomic E-state index is 0.240. The van der Waals surface area contributed by atoms with E-state index in [2.05, 4.69) is 44.5 Å². The monoisotopic (exact) mass is 392 g/mol. The highest BCUT2D eigenvalue weighted by Crippen LogP contribution is 2.37. The molecule has 0 aliphatic carbocycles. The molecule has 7 nitrogen and oxygen atoms in total. The fourth-order valence-corrected chi connectivity index (χ4v) is 4.10. The summed E-state index contributed by atoms with van der Waals surface area (Å²) in [6.45, 7) is 2.97. The lowest BCUT2D eigenvalue weighted by atomic mass is 10.0. The molecule has 1 unspecified atom stereocenters. The number of benzene rings is 1. The Hall–Kier alpha value is -3.18. The van der Waals surface area contributed by atoms with Gasteiger partial charge in [0.15, 0.2) is 10.9 Å². The van der Waals surface area contributed by atoms with E-state index >= 15 is 0 Å². The zero-order chi connectivity index (χ0) is 19.5. The van der Waals surface area contributed by atoms with E-state index in [0.717, 1.165) is 36.5 Å². The minimum Gasteiger partial charge on any atom is -0.496 e. The van der Waals surface area contributed by atoms with Crippen LogP contribution in [0.5, 0.6) is 5.75 Å². The van der Waals surface area contributed by atoms with Crippen LogP contribution in [-0.2, 0) is 0 Å². The van der Waals surface area contributed by atoms with Gasteiger partial charge in [0, 0.05) is 6.54 Å². The summed E-state index contributed by atoms with van der Waals surface area (Å²) in [7, 11) is 1.70. The lowest BCUT2D eigenvalue weighted by Crippen LogP contribution is -2.24. The van der Waals surface area contributed by atoms with Gasteiger partial charge in [-0.2, -0.15) is 5.26 Å². The summed E-state index contributed by atoms with van der Waals surface area (Å²) in [5.41, 5.74) is 2.35. The Morgan fingerprint density at radius 1 is 1.32 bits per heavy atom. The third-order valence-electron chi connectivity index (χ3n) is 4.84. The van der Waals surface area contributed by atoms with Crippen molar-refractivity contribution in [2.24, 2.45) is 0 Å². The molecule has 1 aliphatic heterocycles. The molecule has 1 atom stereocenters. The second-order valence-electron chi connectivity index (χ2n) is 6.61. The number of aromatic nitrogens is 3. The highest BCUT2D eigenvalue weighted by atomic mass is 32.1. The van der Waals surface area contributed by atoms with Gasteiger partial charge in [-0.3, -0.25) is 4.98 Å². The standard InChI is InChI=1S/C20H20N6OS/c1-13-5-6-14(8-17(13)27-2)16-4-3-7-26(16)19-12-22-11-18(24-19)25-20-23-10-15(9-21)28-20/h5-6,8,10-12,16H,3-4,7H2,1-2H3,(H,23,24,25).